The first kappa shape index (κ1) is 11.5. The van der Waals surface area contributed by atoms with Gasteiger partial charge in [0.25, 0.3) is 5.91 Å². The highest BCUT2D eigenvalue weighted by Gasteiger charge is 2.27. The Labute approximate surface area is 88.4 Å². The molecule has 1 N–H and O–H groups in total. The fraction of sp³-hybridized carbons (Fsp3) is 0.833. The fourth-order valence-electron chi connectivity index (χ4n) is 0.932. The molecule has 1 fully saturated rings. The Balaban J connectivity index is 2.39. The second-order valence-corrected chi connectivity index (χ2v) is 4.76. The zero-order chi connectivity index (χ0) is 9.68. The van der Waals surface area contributed by atoms with E-state index < -0.39 is 8.45 Å². The number of hydrogen-bond donors (Lipinski definition) is 1. The van der Waals surface area contributed by atoms with Crippen LogP contribution < -0.4 is 5.09 Å². The van der Waals surface area contributed by atoms with Crippen LogP contribution in [0.4, 0.5) is 0 Å². The summed E-state index contributed by atoms with van der Waals surface area (Å²) in [5.41, 5.74) is 0. The Kier molecular flexibility index (Phi) is 5.29. The van der Waals surface area contributed by atoms with Gasteiger partial charge in [0.05, 0.1) is 0 Å². The maximum atomic E-state index is 10.9. The van der Waals surface area contributed by atoms with Gasteiger partial charge in [-0.3, -0.25) is 9.88 Å². The van der Waals surface area contributed by atoms with E-state index in [1.54, 1.807) is 0 Å². The van der Waals surface area contributed by atoms with E-state index in [0.717, 1.165) is 0 Å². The molecule has 1 aliphatic heterocycles. The van der Waals surface area contributed by atoms with Crippen LogP contribution in [-0.4, -0.2) is 42.0 Å². The topological polar surface area (TPSA) is 41.6 Å². The average Bonchev–Trinajstić information content (AvgIpc) is 2.51. The van der Waals surface area contributed by atoms with Gasteiger partial charge in [-0.15, -0.1) is 23.2 Å². The maximum absolute atomic E-state index is 10.9. The second-order valence-electron chi connectivity index (χ2n) is 2.41. The normalized spacial score (nSPS) is 22.4. The minimum atomic E-state index is -0.995. The smallest absolute Gasteiger partial charge is 0.252 e. The molecule has 0 bridgehead atoms. The molecule has 4 nitrogen and oxygen atoms in total. The van der Waals surface area contributed by atoms with E-state index in [1.807, 2.05) is 4.67 Å². The largest absolute Gasteiger partial charge is 0.317 e. The maximum Gasteiger partial charge on any atom is 0.252 e. The van der Waals surface area contributed by atoms with Crippen molar-refractivity contribution in [3.63, 3.8) is 0 Å². The number of carbonyl (C=O) groups is 1. The van der Waals surface area contributed by atoms with Gasteiger partial charge >= 0.3 is 0 Å². The van der Waals surface area contributed by atoms with Gasteiger partial charge in [-0.05, 0) is 0 Å². The third kappa shape index (κ3) is 3.56. The fourth-order valence-corrected chi connectivity index (χ4v) is 3.03. The van der Waals surface area contributed by atoms with E-state index in [4.69, 9.17) is 27.7 Å². The minimum Gasteiger partial charge on any atom is -0.317 e. The Hall–Kier alpha value is 0.400. The van der Waals surface area contributed by atoms with Gasteiger partial charge in [0, 0.05) is 24.8 Å². The molecule has 1 unspecified atom stereocenters. The molecule has 1 saturated heterocycles. The summed E-state index contributed by atoms with van der Waals surface area (Å²) < 4.78 is 7.20. The van der Waals surface area contributed by atoms with Crippen LogP contribution in [0.5, 0.6) is 0 Å². The summed E-state index contributed by atoms with van der Waals surface area (Å²) in [5, 5.41) is 2.74. The van der Waals surface area contributed by atoms with Gasteiger partial charge in [0.15, 0.2) is 0 Å². The summed E-state index contributed by atoms with van der Waals surface area (Å²) in [7, 11) is -0.995. The number of carbonyl (C=O) groups excluding carboxylic acids is 1. The van der Waals surface area contributed by atoms with Crippen LogP contribution in [0, 0.1) is 0 Å². The summed E-state index contributed by atoms with van der Waals surface area (Å²) in [5.74, 6) is 0.949. The van der Waals surface area contributed by atoms with Crippen molar-refractivity contribution in [1.29, 1.82) is 0 Å². The van der Waals surface area contributed by atoms with E-state index in [-0.39, 0.29) is 12.5 Å². The molecule has 0 spiro atoms. The predicted octanol–water partition coefficient (Wildman–Crippen LogP) is 1.14. The number of amides is 1. The molecular formula is C6H11Cl2N2O2P. The van der Waals surface area contributed by atoms with Crippen LogP contribution in [0.2, 0.25) is 0 Å². The summed E-state index contributed by atoms with van der Waals surface area (Å²) in [6.45, 7) is 1.51. The van der Waals surface area contributed by atoms with Crippen molar-refractivity contribution >= 4 is 37.6 Å². The van der Waals surface area contributed by atoms with Crippen LogP contribution in [0.15, 0.2) is 0 Å². The third-order valence-electron chi connectivity index (χ3n) is 1.48. The number of rotatable bonds is 5. The van der Waals surface area contributed by atoms with Gasteiger partial charge in [-0.25, -0.2) is 4.67 Å². The zero-order valence-electron chi connectivity index (χ0n) is 7.00. The third-order valence-corrected chi connectivity index (χ3v) is 3.55. The Morgan fingerprint density at radius 1 is 1.46 bits per heavy atom. The molecule has 0 aromatic rings. The monoisotopic (exact) mass is 244 g/mol. The van der Waals surface area contributed by atoms with Crippen molar-refractivity contribution in [1.82, 2.24) is 9.76 Å². The molecule has 76 valence electrons. The van der Waals surface area contributed by atoms with E-state index in [0.29, 0.717) is 24.8 Å². The molecular weight excluding hydrogens is 234 g/mol. The summed E-state index contributed by atoms with van der Waals surface area (Å²) in [6, 6.07) is 0. The first-order chi connectivity index (χ1) is 6.27. The van der Waals surface area contributed by atoms with Crippen molar-refractivity contribution in [3.05, 3.63) is 0 Å². The first-order valence-electron chi connectivity index (χ1n) is 3.87. The highest BCUT2D eigenvalue weighted by molar-refractivity contribution is 7.49. The average molecular weight is 245 g/mol. The summed E-state index contributed by atoms with van der Waals surface area (Å²) >= 11 is 11.2. The summed E-state index contributed by atoms with van der Waals surface area (Å²) in [6.07, 6.45) is 0. The molecule has 1 amide bonds. The van der Waals surface area contributed by atoms with E-state index in [2.05, 4.69) is 5.09 Å². The standard InChI is InChI=1S/C6H11Cl2N2O2P/c7-1-3-10(4-2-8)13-9-6(11)5-12-13/h1-5H2,(H,9,11). The lowest BCUT2D eigenvalue weighted by Crippen LogP contribution is -2.27. The van der Waals surface area contributed by atoms with Crippen LogP contribution in [0.3, 0.4) is 0 Å². The second kappa shape index (κ2) is 5.99. The van der Waals surface area contributed by atoms with Crippen LogP contribution in [0.25, 0.3) is 0 Å². The molecule has 0 radical (unpaired) electrons. The number of halogens is 2. The molecule has 0 aromatic heterocycles. The number of hydrogen-bond acceptors (Lipinski definition) is 3. The van der Waals surface area contributed by atoms with E-state index in [9.17, 15) is 4.79 Å². The van der Waals surface area contributed by atoms with E-state index in [1.165, 1.54) is 0 Å². The number of nitrogens with one attached hydrogen (secondary N) is 1. The molecule has 1 aliphatic rings. The first-order valence-corrected chi connectivity index (χ1v) is 6.15. The predicted molar refractivity (Wildman–Crippen MR) is 54.0 cm³/mol. The molecule has 13 heavy (non-hydrogen) atoms. The van der Waals surface area contributed by atoms with Crippen LogP contribution >= 0.6 is 31.7 Å². The molecule has 1 heterocycles. The molecule has 0 aromatic carbocycles. The van der Waals surface area contributed by atoms with Crippen molar-refractivity contribution in [2.24, 2.45) is 0 Å². The molecule has 1 atom stereocenters. The van der Waals surface area contributed by atoms with E-state index >= 15 is 0 Å². The van der Waals surface area contributed by atoms with Crippen molar-refractivity contribution in [2.75, 3.05) is 31.5 Å². The lowest BCUT2D eigenvalue weighted by atomic mass is 10.6. The highest BCUT2D eigenvalue weighted by Crippen LogP contribution is 2.39. The Morgan fingerprint density at radius 2 is 2.08 bits per heavy atom. The van der Waals surface area contributed by atoms with Crippen LogP contribution in [0.1, 0.15) is 0 Å². The van der Waals surface area contributed by atoms with Crippen molar-refractivity contribution in [3.8, 4) is 0 Å². The lowest BCUT2D eigenvalue weighted by Gasteiger charge is -2.23. The van der Waals surface area contributed by atoms with Gasteiger partial charge in [0.1, 0.15) is 6.61 Å². The molecule has 0 saturated carbocycles. The Bertz CT molecular complexity index is 178. The molecule has 1 rings (SSSR count). The quantitative estimate of drug-likeness (QED) is 0.583. The van der Waals surface area contributed by atoms with Crippen molar-refractivity contribution in [2.45, 2.75) is 0 Å². The summed E-state index contributed by atoms with van der Waals surface area (Å²) in [4.78, 5) is 10.9. The highest BCUT2D eigenvalue weighted by atomic mass is 35.5. The molecule has 7 heteroatoms. The zero-order valence-corrected chi connectivity index (χ0v) is 9.41. The van der Waals surface area contributed by atoms with Gasteiger partial charge in [-0.1, -0.05) is 0 Å². The van der Waals surface area contributed by atoms with Gasteiger partial charge in [-0.2, -0.15) is 0 Å². The number of nitrogens with zero attached hydrogens (tertiary/aromatic N) is 1. The lowest BCUT2D eigenvalue weighted by molar-refractivity contribution is -0.119. The Morgan fingerprint density at radius 3 is 2.46 bits per heavy atom. The molecule has 0 aliphatic carbocycles. The SMILES string of the molecule is O=C1COP(N(CCCl)CCCl)N1. The van der Waals surface area contributed by atoms with Gasteiger partial charge < -0.3 is 4.52 Å². The number of alkyl halides is 2. The van der Waals surface area contributed by atoms with Gasteiger partial charge in [0.2, 0.25) is 8.45 Å². The van der Waals surface area contributed by atoms with Crippen LogP contribution in [-0.2, 0) is 9.32 Å². The van der Waals surface area contributed by atoms with Crippen molar-refractivity contribution < 1.29 is 9.32 Å². The minimum absolute atomic E-state index is 0.0692.